The van der Waals surface area contributed by atoms with E-state index in [1.165, 1.54) is 0 Å². The molecule has 0 N–H and O–H groups in total. The molecule has 4 nitrogen and oxygen atoms in total. The van der Waals surface area contributed by atoms with Crippen molar-refractivity contribution in [3.05, 3.63) is 23.7 Å². The number of amides is 1. The zero-order valence-corrected chi connectivity index (χ0v) is 9.98. The van der Waals surface area contributed by atoms with Crippen LogP contribution in [0.4, 0.5) is 0 Å². The molecular formula is C13H16N2O2. The predicted octanol–water partition coefficient (Wildman–Crippen LogP) is 2.36. The molecule has 1 fully saturated rings. The van der Waals surface area contributed by atoms with E-state index in [0.29, 0.717) is 31.0 Å². The van der Waals surface area contributed by atoms with Gasteiger partial charge in [0.1, 0.15) is 5.76 Å². The van der Waals surface area contributed by atoms with Crippen LogP contribution in [0.5, 0.6) is 0 Å². The fraction of sp³-hybridized carbons (Fsp3) is 0.538. The van der Waals surface area contributed by atoms with E-state index in [0.717, 1.165) is 18.6 Å². The summed E-state index contributed by atoms with van der Waals surface area (Å²) >= 11 is 0. The van der Waals surface area contributed by atoms with E-state index in [4.69, 9.17) is 9.68 Å². The van der Waals surface area contributed by atoms with Gasteiger partial charge in [-0.05, 0) is 18.9 Å². The molecule has 0 aliphatic heterocycles. The summed E-state index contributed by atoms with van der Waals surface area (Å²) in [6.07, 6.45) is 4.76. The van der Waals surface area contributed by atoms with Gasteiger partial charge in [-0.1, -0.05) is 6.92 Å². The third kappa shape index (κ3) is 2.50. The molecule has 0 spiro atoms. The molecule has 17 heavy (non-hydrogen) atoms. The standard InChI is InChI=1S/C13H16N2O2/c1-2-12-11(6-9-17-12)13(16)15(8-3-7-14)10-4-5-10/h6,9-10H,2-5,8H2,1H3. The molecule has 0 unspecified atom stereocenters. The Morgan fingerprint density at radius 1 is 1.65 bits per heavy atom. The number of aryl methyl sites for hydroxylation is 1. The maximum atomic E-state index is 12.3. The molecule has 0 saturated heterocycles. The summed E-state index contributed by atoms with van der Waals surface area (Å²) in [5.41, 5.74) is 0.650. The highest BCUT2D eigenvalue weighted by molar-refractivity contribution is 5.95. The molecule has 0 atom stereocenters. The molecule has 0 aromatic carbocycles. The topological polar surface area (TPSA) is 57.2 Å². The molecule has 1 amide bonds. The first-order valence-electron chi connectivity index (χ1n) is 6.02. The van der Waals surface area contributed by atoms with Crippen molar-refractivity contribution in [2.45, 2.75) is 38.6 Å². The maximum Gasteiger partial charge on any atom is 0.257 e. The van der Waals surface area contributed by atoms with Gasteiger partial charge in [-0.25, -0.2) is 0 Å². The van der Waals surface area contributed by atoms with Gasteiger partial charge in [-0.15, -0.1) is 0 Å². The first-order chi connectivity index (χ1) is 8.27. The summed E-state index contributed by atoms with van der Waals surface area (Å²) in [6, 6.07) is 4.15. The zero-order chi connectivity index (χ0) is 12.3. The van der Waals surface area contributed by atoms with Crippen LogP contribution in [0.2, 0.25) is 0 Å². The first-order valence-corrected chi connectivity index (χ1v) is 6.02. The molecule has 1 aromatic rings. The fourth-order valence-corrected chi connectivity index (χ4v) is 1.97. The molecule has 1 aliphatic rings. The number of hydrogen-bond donors (Lipinski definition) is 0. The van der Waals surface area contributed by atoms with Crippen LogP contribution < -0.4 is 0 Å². The van der Waals surface area contributed by atoms with Crippen LogP contribution in [-0.4, -0.2) is 23.4 Å². The minimum absolute atomic E-state index is 0.00773. The number of nitrogens with zero attached hydrogens (tertiary/aromatic N) is 2. The highest BCUT2D eigenvalue weighted by Gasteiger charge is 2.33. The van der Waals surface area contributed by atoms with Gasteiger partial charge in [0.05, 0.1) is 24.3 Å². The smallest absolute Gasteiger partial charge is 0.257 e. The van der Waals surface area contributed by atoms with Crippen LogP contribution in [0.3, 0.4) is 0 Å². The molecule has 1 aromatic heterocycles. The summed E-state index contributed by atoms with van der Waals surface area (Å²) in [5, 5.41) is 8.62. The van der Waals surface area contributed by atoms with Crippen LogP contribution >= 0.6 is 0 Å². The van der Waals surface area contributed by atoms with Crippen molar-refractivity contribution in [1.29, 1.82) is 5.26 Å². The minimum atomic E-state index is 0.00773. The van der Waals surface area contributed by atoms with Gasteiger partial charge >= 0.3 is 0 Å². The minimum Gasteiger partial charge on any atom is -0.469 e. The van der Waals surface area contributed by atoms with Gasteiger partial charge in [-0.2, -0.15) is 5.26 Å². The van der Waals surface area contributed by atoms with Crippen LogP contribution in [0.1, 0.15) is 42.3 Å². The van der Waals surface area contributed by atoms with E-state index in [2.05, 4.69) is 6.07 Å². The summed E-state index contributed by atoms with van der Waals surface area (Å²) in [7, 11) is 0. The molecule has 1 saturated carbocycles. The molecule has 90 valence electrons. The van der Waals surface area contributed by atoms with Crippen molar-refractivity contribution in [3.63, 3.8) is 0 Å². The van der Waals surface area contributed by atoms with Crippen LogP contribution in [0, 0.1) is 11.3 Å². The largest absolute Gasteiger partial charge is 0.469 e. The number of furan rings is 1. The fourth-order valence-electron chi connectivity index (χ4n) is 1.97. The molecule has 0 bridgehead atoms. The summed E-state index contributed by atoms with van der Waals surface area (Å²) in [6.45, 7) is 2.49. The van der Waals surface area contributed by atoms with Crippen molar-refractivity contribution >= 4 is 5.91 Å². The second kappa shape index (κ2) is 5.05. The van der Waals surface area contributed by atoms with Crippen molar-refractivity contribution in [3.8, 4) is 6.07 Å². The average molecular weight is 232 g/mol. The van der Waals surface area contributed by atoms with Gasteiger partial charge in [0.25, 0.3) is 5.91 Å². The molecule has 4 heteroatoms. The first kappa shape index (κ1) is 11.7. The van der Waals surface area contributed by atoms with Crippen molar-refractivity contribution in [2.24, 2.45) is 0 Å². The van der Waals surface area contributed by atoms with Crippen LogP contribution in [0.15, 0.2) is 16.7 Å². The molecule has 0 radical (unpaired) electrons. The lowest BCUT2D eigenvalue weighted by molar-refractivity contribution is 0.0744. The van der Waals surface area contributed by atoms with Crippen LogP contribution in [-0.2, 0) is 6.42 Å². The summed E-state index contributed by atoms with van der Waals surface area (Å²) in [4.78, 5) is 14.1. The lowest BCUT2D eigenvalue weighted by Gasteiger charge is -2.20. The van der Waals surface area contributed by atoms with E-state index in [1.54, 1.807) is 12.3 Å². The van der Waals surface area contributed by atoms with E-state index >= 15 is 0 Å². The van der Waals surface area contributed by atoms with Crippen molar-refractivity contribution in [1.82, 2.24) is 4.90 Å². The Morgan fingerprint density at radius 3 is 3.00 bits per heavy atom. The third-order valence-electron chi connectivity index (χ3n) is 3.01. The zero-order valence-electron chi connectivity index (χ0n) is 9.98. The van der Waals surface area contributed by atoms with Gasteiger partial charge < -0.3 is 9.32 Å². The number of rotatable bonds is 5. The Bertz CT molecular complexity index is 441. The molecule has 2 rings (SSSR count). The average Bonchev–Trinajstić information content (AvgIpc) is 3.06. The van der Waals surface area contributed by atoms with E-state index < -0.39 is 0 Å². The number of carbonyl (C=O) groups is 1. The number of nitriles is 1. The summed E-state index contributed by atoms with van der Waals surface area (Å²) < 4.78 is 5.28. The Hall–Kier alpha value is -1.76. The summed E-state index contributed by atoms with van der Waals surface area (Å²) in [5.74, 6) is 0.742. The lowest BCUT2D eigenvalue weighted by Crippen LogP contribution is -2.34. The van der Waals surface area contributed by atoms with Crippen LogP contribution in [0.25, 0.3) is 0 Å². The van der Waals surface area contributed by atoms with E-state index in [9.17, 15) is 4.79 Å². The monoisotopic (exact) mass is 232 g/mol. The number of carbonyl (C=O) groups excluding carboxylic acids is 1. The van der Waals surface area contributed by atoms with E-state index in [-0.39, 0.29) is 5.91 Å². The lowest BCUT2D eigenvalue weighted by atomic mass is 10.2. The number of hydrogen-bond acceptors (Lipinski definition) is 3. The van der Waals surface area contributed by atoms with Gasteiger partial charge in [0.2, 0.25) is 0 Å². The third-order valence-corrected chi connectivity index (χ3v) is 3.01. The normalized spacial score (nSPS) is 14.4. The molecule has 1 aliphatic carbocycles. The van der Waals surface area contributed by atoms with Crippen molar-refractivity contribution in [2.75, 3.05) is 6.54 Å². The second-order valence-electron chi connectivity index (χ2n) is 4.25. The van der Waals surface area contributed by atoms with Crippen molar-refractivity contribution < 1.29 is 9.21 Å². The predicted molar refractivity (Wildman–Crippen MR) is 62.4 cm³/mol. The van der Waals surface area contributed by atoms with Gasteiger partial charge in [0.15, 0.2) is 0 Å². The van der Waals surface area contributed by atoms with E-state index in [1.807, 2.05) is 11.8 Å². The molecular weight excluding hydrogens is 216 g/mol. The quantitative estimate of drug-likeness (QED) is 0.783. The van der Waals surface area contributed by atoms with Gasteiger partial charge in [-0.3, -0.25) is 4.79 Å². The maximum absolute atomic E-state index is 12.3. The Morgan fingerprint density at radius 2 is 2.41 bits per heavy atom. The second-order valence-corrected chi connectivity index (χ2v) is 4.25. The SMILES string of the molecule is CCc1occc1C(=O)N(CCC#N)C1CC1. The Labute approximate surface area is 101 Å². The van der Waals surface area contributed by atoms with Gasteiger partial charge in [0, 0.05) is 19.0 Å². The Kier molecular flexibility index (Phi) is 3.48. The molecule has 1 heterocycles. The highest BCUT2D eigenvalue weighted by Crippen LogP contribution is 2.29. The highest BCUT2D eigenvalue weighted by atomic mass is 16.3. The Balaban J connectivity index is 2.13.